The molecule has 88 valence electrons. The van der Waals surface area contributed by atoms with Gasteiger partial charge in [0.05, 0.1) is 17.7 Å². The molecule has 1 aromatic carbocycles. The van der Waals surface area contributed by atoms with Crippen LogP contribution in [0.2, 0.25) is 0 Å². The second kappa shape index (κ2) is 5.10. The summed E-state index contributed by atoms with van der Waals surface area (Å²) in [6, 6.07) is 2.14. The standard InChI is InChI=1S/C11H11BrF2O2/c12-8-5-10(14)11(6-9(8)13)16-7-1-3-15-4-2-7/h5-7H,1-4H2. The van der Waals surface area contributed by atoms with Gasteiger partial charge in [0.1, 0.15) is 11.9 Å². The van der Waals surface area contributed by atoms with Crippen molar-refractivity contribution >= 4 is 15.9 Å². The van der Waals surface area contributed by atoms with E-state index in [1.54, 1.807) is 0 Å². The summed E-state index contributed by atoms with van der Waals surface area (Å²) in [6.45, 7) is 1.20. The minimum absolute atomic E-state index is 0.0346. The maximum Gasteiger partial charge on any atom is 0.166 e. The largest absolute Gasteiger partial charge is 0.487 e. The molecule has 0 aromatic heterocycles. The SMILES string of the molecule is Fc1cc(OC2CCOCC2)c(F)cc1Br. The van der Waals surface area contributed by atoms with Gasteiger partial charge in [-0.05, 0) is 22.0 Å². The van der Waals surface area contributed by atoms with Crippen molar-refractivity contribution in [2.75, 3.05) is 13.2 Å². The molecule has 0 saturated carbocycles. The molecule has 1 saturated heterocycles. The van der Waals surface area contributed by atoms with E-state index in [2.05, 4.69) is 15.9 Å². The summed E-state index contributed by atoms with van der Waals surface area (Å²) in [5.74, 6) is -1.11. The minimum Gasteiger partial charge on any atom is -0.487 e. The monoisotopic (exact) mass is 292 g/mol. The van der Waals surface area contributed by atoms with Gasteiger partial charge in [0.2, 0.25) is 0 Å². The van der Waals surface area contributed by atoms with Crippen LogP contribution in [0.25, 0.3) is 0 Å². The van der Waals surface area contributed by atoms with Crippen molar-refractivity contribution in [3.05, 3.63) is 28.2 Å². The molecule has 5 heteroatoms. The number of halogens is 3. The highest BCUT2D eigenvalue weighted by Crippen LogP contribution is 2.27. The number of ether oxygens (including phenoxy) is 2. The third kappa shape index (κ3) is 2.71. The molecule has 0 radical (unpaired) electrons. The van der Waals surface area contributed by atoms with Crippen LogP contribution in [-0.4, -0.2) is 19.3 Å². The Morgan fingerprint density at radius 1 is 1.19 bits per heavy atom. The van der Waals surface area contributed by atoms with E-state index < -0.39 is 11.6 Å². The Hall–Kier alpha value is -0.680. The van der Waals surface area contributed by atoms with Crippen molar-refractivity contribution in [3.8, 4) is 5.75 Å². The van der Waals surface area contributed by atoms with Crippen molar-refractivity contribution < 1.29 is 18.3 Å². The molecule has 1 aliphatic heterocycles. The van der Waals surface area contributed by atoms with Gasteiger partial charge in [0.15, 0.2) is 11.6 Å². The summed E-state index contributed by atoms with van der Waals surface area (Å²) in [5.41, 5.74) is 0. The van der Waals surface area contributed by atoms with Crippen LogP contribution in [0.3, 0.4) is 0 Å². The van der Waals surface area contributed by atoms with Crippen LogP contribution in [0.1, 0.15) is 12.8 Å². The second-order valence-corrected chi connectivity index (χ2v) is 4.48. The Balaban J connectivity index is 2.11. The summed E-state index contributed by atoms with van der Waals surface area (Å²) in [7, 11) is 0. The van der Waals surface area contributed by atoms with Crippen molar-refractivity contribution in [2.24, 2.45) is 0 Å². The third-order valence-corrected chi connectivity index (χ3v) is 3.04. The topological polar surface area (TPSA) is 18.5 Å². The van der Waals surface area contributed by atoms with Crippen LogP contribution in [0, 0.1) is 11.6 Å². The molecule has 2 nitrogen and oxygen atoms in total. The number of rotatable bonds is 2. The summed E-state index contributed by atoms with van der Waals surface area (Å²) in [4.78, 5) is 0. The molecule has 0 bridgehead atoms. The lowest BCUT2D eigenvalue weighted by Gasteiger charge is -2.23. The average Bonchev–Trinajstić information content (AvgIpc) is 2.27. The van der Waals surface area contributed by atoms with E-state index in [4.69, 9.17) is 9.47 Å². The summed E-state index contributed by atoms with van der Waals surface area (Å²) in [5, 5.41) is 0. The van der Waals surface area contributed by atoms with Gasteiger partial charge >= 0.3 is 0 Å². The van der Waals surface area contributed by atoms with Crippen LogP contribution in [-0.2, 0) is 4.74 Å². The average molecular weight is 293 g/mol. The van der Waals surface area contributed by atoms with E-state index in [9.17, 15) is 8.78 Å². The molecule has 16 heavy (non-hydrogen) atoms. The van der Waals surface area contributed by atoms with E-state index >= 15 is 0 Å². The van der Waals surface area contributed by atoms with Crippen LogP contribution in [0.5, 0.6) is 5.75 Å². The predicted molar refractivity (Wildman–Crippen MR) is 58.5 cm³/mol. The van der Waals surface area contributed by atoms with E-state index in [1.165, 1.54) is 0 Å². The van der Waals surface area contributed by atoms with E-state index in [0.717, 1.165) is 12.1 Å². The van der Waals surface area contributed by atoms with Gasteiger partial charge in [-0.2, -0.15) is 0 Å². The maximum absolute atomic E-state index is 13.4. The first-order valence-corrected chi connectivity index (χ1v) is 5.85. The lowest BCUT2D eigenvalue weighted by atomic mass is 10.1. The molecule has 1 aromatic rings. The van der Waals surface area contributed by atoms with Gasteiger partial charge in [0.25, 0.3) is 0 Å². The van der Waals surface area contributed by atoms with Gasteiger partial charge in [-0.1, -0.05) is 0 Å². The molecule has 1 fully saturated rings. The third-order valence-electron chi connectivity index (χ3n) is 2.44. The van der Waals surface area contributed by atoms with E-state index in [0.29, 0.717) is 26.1 Å². The van der Waals surface area contributed by atoms with Crippen molar-refractivity contribution in [1.29, 1.82) is 0 Å². The first kappa shape index (κ1) is 11.8. The van der Waals surface area contributed by atoms with Crippen molar-refractivity contribution in [1.82, 2.24) is 0 Å². The van der Waals surface area contributed by atoms with Crippen molar-refractivity contribution in [2.45, 2.75) is 18.9 Å². The second-order valence-electron chi connectivity index (χ2n) is 3.63. The fraction of sp³-hybridized carbons (Fsp3) is 0.455. The Labute approximate surface area is 101 Å². The molecule has 2 rings (SSSR count). The zero-order chi connectivity index (χ0) is 11.5. The highest BCUT2D eigenvalue weighted by atomic mass is 79.9. The Morgan fingerprint density at radius 3 is 2.56 bits per heavy atom. The predicted octanol–water partition coefficient (Wildman–Crippen LogP) is 3.29. The van der Waals surface area contributed by atoms with Gasteiger partial charge < -0.3 is 9.47 Å². The molecule has 0 unspecified atom stereocenters. The zero-order valence-electron chi connectivity index (χ0n) is 8.51. The maximum atomic E-state index is 13.4. The molecule has 1 heterocycles. The summed E-state index contributed by atoms with van der Waals surface area (Å²) < 4.78 is 37.3. The lowest BCUT2D eigenvalue weighted by Crippen LogP contribution is -2.26. The number of hydrogen-bond donors (Lipinski definition) is 0. The normalized spacial score (nSPS) is 17.4. The van der Waals surface area contributed by atoms with Crippen LogP contribution in [0.4, 0.5) is 8.78 Å². The fourth-order valence-electron chi connectivity index (χ4n) is 1.57. The van der Waals surface area contributed by atoms with Gasteiger partial charge in [-0.3, -0.25) is 0 Å². The molecular formula is C11H11BrF2O2. The van der Waals surface area contributed by atoms with E-state index in [1.807, 2.05) is 0 Å². The number of benzene rings is 1. The molecule has 0 spiro atoms. The molecular weight excluding hydrogens is 282 g/mol. The Kier molecular flexibility index (Phi) is 3.76. The first-order chi connectivity index (χ1) is 7.66. The van der Waals surface area contributed by atoms with Gasteiger partial charge in [-0.25, -0.2) is 8.78 Å². The van der Waals surface area contributed by atoms with Crippen molar-refractivity contribution in [3.63, 3.8) is 0 Å². The molecule has 0 aliphatic carbocycles. The quantitative estimate of drug-likeness (QED) is 0.779. The molecule has 0 atom stereocenters. The van der Waals surface area contributed by atoms with Crippen LogP contribution in [0.15, 0.2) is 16.6 Å². The highest BCUT2D eigenvalue weighted by molar-refractivity contribution is 9.10. The molecule has 1 aliphatic rings. The smallest absolute Gasteiger partial charge is 0.166 e. The highest BCUT2D eigenvalue weighted by Gasteiger charge is 2.18. The van der Waals surface area contributed by atoms with E-state index in [-0.39, 0.29) is 16.3 Å². The fourth-order valence-corrected chi connectivity index (χ4v) is 1.88. The summed E-state index contributed by atoms with van der Waals surface area (Å²) in [6.07, 6.45) is 1.32. The Bertz CT molecular complexity index is 378. The lowest BCUT2D eigenvalue weighted by molar-refractivity contribution is 0.0239. The molecule has 0 amide bonds. The van der Waals surface area contributed by atoms with Crippen LogP contribution < -0.4 is 4.74 Å². The van der Waals surface area contributed by atoms with Crippen LogP contribution >= 0.6 is 15.9 Å². The molecule has 0 N–H and O–H groups in total. The first-order valence-electron chi connectivity index (χ1n) is 5.06. The minimum atomic E-state index is -0.556. The Morgan fingerprint density at radius 2 is 1.88 bits per heavy atom. The van der Waals surface area contributed by atoms with Gasteiger partial charge in [0, 0.05) is 18.9 Å². The number of hydrogen-bond acceptors (Lipinski definition) is 2. The summed E-state index contributed by atoms with van der Waals surface area (Å²) >= 11 is 2.91. The zero-order valence-corrected chi connectivity index (χ0v) is 10.1. The van der Waals surface area contributed by atoms with Gasteiger partial charge in [-0.15, -0.1) is 0 Å².